The van der Waals surface area contributed by atoms with Crippen molar-refractivity contribution >= 4 is 92.4 Å². The molecule has 68 heavy (non-hydrogen) atoms. The second-order valence-corrected chi connectivity index (χ2v) is 16.2. The molecule has 0 atom stereocenters. The molecule has 0 radical (unpaired) electrons. The van der Waals surface area contributed by atoms with Crippen molar-refractivity contribution in [2.24, 2.45) is 0 Å². The number of carboxylic acid groups (broad SMARTS) is 2. The summed E-state index contributed by atoms with van der Waals surface area (Å²) in [5.74, 6) is -2.02. The predicted octanol–water partition coefficient (Wildman–Crippen LogP) is 14.3. The van der Waals surface area contributed by atoms with Crippen LogP contribution >= 0.6 is 0 Å². The van der Waals surface area contributed by atoms with Gasteiger partial charge in [0.15, 0.2) is 0 Å². The number of nitrogens with zero attached hydrogens (tertiary/aromatic N) is 4. The molecule has 10 nitrogen and oxygen atoms in total. The maximum Gasteiger partial charge on any atom is 0.335 e. The number of carboxylic acids is 2. The largest absolute Gasteiger partial charge is 0.478 e. The molecule has 11 rings (SSSR count). The Hall–Kier alpha value is -9.54. The van der Waals surface area contributed by atoms with E-state index in [1.807, 2.05) is 146 Å². The first-order chi connectivity index (χ1) is 33.4. The third-order valence-corrected chi connectivity index (χ3v) is 12.0. The fourth-order valence-electron chi connectivity index (χ4n) is 8.94. The minimum Gasteiger partial charge on any atom is -0.478 e. The summed E-state index contributed by atoms with van der Waals surface area (Å²) in [6.07, 6.45) is 8.04. The zero-order valence-corrected chi connectivity index (χ0v) is 36.3. The van der Waals surface area contributed by atoms with Gasteiger partial charge in [0.1, 0.15) is 0 Å². The number of para-hydroxylation sites is 4. The van der Waals surface area contributed by atoms with E-state index in [2.05, 4.69) is 68.3 Å². The van der Waals surface area contributed by atoms with E-state index in [4.69, 9.17) is 9.97 Å². The van der Waals surface area contributed by atoms with Gasteiger partial charge in [-0.05, 0) is 132 Å². The smallest absolute Gasteiger partial charge is 0.335 e. The lowest BCUT2D eigenvalue weighted by atomic mass is 10.0. The summed E-state index contributed by atoms with van der Waals surface area (Å²) in [6, 6.07) is 62.4. The second-order valence-electron chi connectivity index (χ2n) is 16.2. The first-order valence-electron chi connectivity index (χ1n) is 22.0. The van der Waals surface area contributed by atoms with E-state index in [9.17, 15) is 19.8 Å². The number of nitrogens with one attached hydrogen (secondary N) is 2. The molecule has 2 aliphatic rings. The molecular weight excluding hydrogens is 845 g/mol. The van der Waals surface area contributed by atoms with E-state index in [0.717, 1.165) is 78.4 Å². The molecule has 10 heteroatoms. The molecular formula is C58H40N6O4. The SMILES string of the molecule is O=C(O)c1ccc(-c2c3nc(c(N(c4ccccc4)c4ccccc4)c4ccc([nH]4)c(-c4ccc(C(=O)O)cc4)c4nc(c(N(c5ccccc5)c5ccccc5)c5ccc2[nH]5)C=C4)C=C3)cc1. The van der Waals surface area contributed by atoms with Gasteiger partial charge in [-0.2, -0.15) is 0 Å². The number of hydrogen-bond acceptors (Lipinski definition) is 6. The van der Waals surface area contributed by atoms with E-state index < -0.39 is 11.9 Å². The summed E-state index contributed by atoms with van der Waals surface area (Å²) in [4.78, 5) is 47.1. The minimum atomic E-state index is -1.01. The Bertz CT molecular complexity index is 3280. The lowest BCUT2D eigenvalue weighted by molar-refractivity contribution is 0.0686. The fourth-order valence-corrected chi connectivity index (χ4v) is 8.94. The van der Waals surface area contributed by atoms with Gasteiger partial charge in [0.05, 0.1) is 56.3 Å². The van der Waals surface area contributed by atoms with Gasteiger partial charge in [0.2, 0.25) is 0 Å². The molecule has 0 amide bonds. The number of H-pyrrole nitrogens is 2. The second kappa shape index (κ2) is 17.4. The quantitative estimate of drug-likeness (QED) is 0.106. The molecule has 6 aromatic carbocycles. The Morgan fingerprint density at radius 3 is 0.956 bits per heavy atom. The van der Waals surface area contributed by atoms with Crippen molar-refractivity contribution < 1.29 is 19.8 Å². The standard InChI is InChI=1S/C58H40N6O4/c65-57(66)39-25-21-37(22-26-39)53-45-29-33-49(59-45)55(63(41-13-5-1-6-14-41)42-15-7-2-8-16-42)50-34-30-46(60-50)54(38-23-27-40(28-24-38)58(67)68)48-32-36-52(62-48)56(51-35-31-47(53)61-51)64(43-17-9-3-10-18-43)44-19-11-4-12-20-44/h1-36,59,62H,(H,65,66)(H,67,68). The monoisotopic (exact) mass is 884 g/mol. The summed E-state index contributed by atoms with van der Waals surface area (Å²) >= 11 is 0. The van der Waals surface area contributed by atoms with Crippen LogP contribution in [0.3, 0.4) is 0 Å². The van der Waals surface area contributed by atoms with Crippen LogP contribution in [0.2, 0.25) is 0 Å². The molecule has 4 N–H and O–H groups in total. The molecule has 5 heterocycles. The van der Waals surface area contributed by atoms with Crippen LogP contribution in [-0.2, 0) is 0 Å². The summed E-state index contributed by atoms with van der Waals surface area (Å²) in [7, 11) is 0. The minimum absolute atomic E-state index is 0.175. The normalized spacial score (nSPS) is 11.6. The number of aromatic nitrogens is 4. The van der Waals surface area contributed by atoms with Crippen molar-refractivity contribution in [2.75, 3.05) is 9.80 Å². The van der Waals surface area contributed by atoms with E-state index in [1.54, 1.807) is 24.3 Å². The molecule has 0 aliphatic carbocycles. The van der Waals surface area contributed by atoms with Gasteiger partial charge in [-0.25, -0.2) is 19.6 Å². The van der Waals surface area contributed by atoms with E-state index >= 15 is 0 Å². The van der Waals surface area contributed by atoms with Gasteiger partial charge in [0, 0.05) is 44.9 Å². The van der Waals surface area contributed by atoms with Gasteiger partial charge in [0.25, 0.3) is 0 Å². The molecule has 3 aromatic heterocycles. The molecule has 0 unspecified atom stereocenters. The topological polar surface area (TPSA) is 138 Å². The Kier molecular flexibility index (Phi) is 10.6. The molecule has 8 bridgehead atoms. The van der Waals surface area contributed by atoms with Crippen LogP contribution in [0.5, 0.6) is 0 Å². The molecule has 0 saturated heterocycles. The van der Waals surface area contributed by atoms with Crippen molar-refractivity contribution in [1.29, 1.82) is 0 Å². The average Bonchev–Trinajstić information content (AvgIpc) is 4.24. The lowest BCUT2D eigenvalue weighted by Gasteiger charge is -2.26. The number of carbonyl (C=O) groups is 2. The highest BCUT2D eigenvalue weighted by molar-refractivity contribution is 6.02. The summed E-state index contributed by atoms with van der Waals surface area (Å²) in [6.45, 7) is 0. The third kappa shape index (κ3) is 7.67. The molecule has 2 aliphatic heterocycles. The fraction of sp³-hybridized carbons (Fsp3) is 0. The Morgan fingerprint density at radius 1 is 0.353 bits per heavy atom. The van der Waals surface area contributed by atoms with Crippen molar-refractivity contribution in [3.63, 3.8) is 0 Å². The van der Waals surface area contributed by atoms with Crippen LogP contribution in [0.15, 0.2) is 194 Å². The van der Waals surface area contributed by atoms with Gasteiger partial charge in [-0.15, -0.1) is 0 Å². The number of benzene rings is 6. The predicted molar refractivity (Wildman–Crippen MR) is 273 cm³/mol. The average molecular weight is 885 g/mol. The molecule has 0 fully saturated rings. The number of anilines is 6. The highest BCUT2D eigenvalue weighted by atomic mass is 16.4. The van der Waals surface area contributed by atoms with Crippen LogP contribution in [0.4, 0.5) is 34.1 Å². The van der Waals surface area contributed by atoms with Crippen LogP contribution in [0.1, 0.15) is 43.5 Å². The number of hydrogen-bond donors (Lipinski definition) is 4. The first kappa shape index (κ1) is 41.2. The highest BCUT2D eigenvalue weighted by Crippen LogP contribution is 2.44. The molecule has 0 spiro atoms. The van der Waals surface area contributed by atoms with Crippen molar-refractivity contribution in [3.8, 4) is 22.3 Å². The van der Waals surface area contributed by atoms with E-state index in [1.165, 1.54) is 0 Å². The van der Waals surface area contributed by atoms with Crippen molar-refractivity contribution in [3.05, 3.63) is 228 Å². The molecule has 0 saturated carbocycles. The first-order valence-corrected chi connectivity index (χ1v) is 22.0. The van der Waals surface area contributed by atoms with Crippen LogP contribution in [0.25, 0.3) is 68.6 Å². The number of fused-ring (bicyclic) bond motifs is 8. The Labute approximate surface area is 390 Å². The maximum absolute atomic E-state index is 12.1. The van der Waals surface area contributed by atoms with Gasteiger partial charge >= 0.3 is 11.9 Å². The highest BCUT2D eigenvalue weighted by Gasteiger charge is 2.24. The van der Waals surface area contributed by atoms with Crippen molar-refractivity contribution in [1.82, 2.24) is 19.9 Å². The van der Waals surface area contributed by atoms with Crippen LogP contribution in [-0.4, -0.2) is 42.1 Å². The van der Waals surface area contributed by atoms with Gasteiger partial charge in [-0.3, -0.25) is 0 Å². The summed E-state index contributed by atoms with van der Waals surface area (Å²) in [5, 5.41) is 19.8. The number of rotatable bonds is 10. The number of aromatic amines is 2. The van der Waals surface area contributed by atoms with Gasteiger partial charge in [-0.1, -0.05) is 97.1 Å². The summed E-state index contributed by atoms with van der Waals surface area (Å²) < 4.78 is 0. The molecule has 9 aromatic rings. The van der Waals surface area contributed by atoms with Crippen molar-refractivity contribution in [2.45, 2.75) is 0 Å². The zero-order valence-electron chi connectivity index (χ0n) is 36.3. The molecule has 326 valence electrons. The van der Waals surface area contributed by atoms with E-state index in [0.29, 0.717) is 22.8 Å². The zero-order chi connectivity index (χ0) is 46.1. The summed E-state index contributed by atoms with van der Waals surface area (Å²) in [5.41, 5.74) is 14.3. The third-order valence-electron chi connectivity index (χ3n) is 12.0. The maximum atomic E-state index is 12.1. The van der Waals surface area contributed by atoms with Crippen LogP contribution < -0.4 is 9.80 Å². The lowest BCUT2D eigenvalue weighted by Crippen LogP contribution is -2.11. The van der Waals surface area contributed by atoms with E-state index in [-0.39, 0.29) is 11.1 Å². The van der Waals surface area contributed by atoms with Crippen LogP contribution in [0, 0.1) is 0 Å². The Balaban J connectivity index is 1.31. The Morgan fingerprint density at radius 2 is 0.647 bits per heavy atom. The number of aromatic carboxylic acids is 2. The van der Waals surface area contributed by atoms with Gasteiger partial charge < -0.3 is 30.0 Å².